The molecule has 0 saturated carbocycles. The summed E-state index contributed by atoms with van der Waals surface area (Å²) in [6, 6.07) is 7.78. The summed E-state index contributed by atoms with van der Waals surface area (Å²) in [5, 5.41) is 9.54. The van der Waals surface area contributed by atoms with E-state index in [-0.39, 0.29) is 5.91 Å². The van der Waals surface area contributed by atoms with E-state index in [1.807, 2.05) is 24.3 Å². The van der Waals surface area contributed by atoms with Crippen molar-refractivity contribution in [1.29, 1.82) is 0 Å². The van der Waals surface area contributed by atoms with E-state index in [9.17, 15) is 4.79 Å². The van der Waals surface area contributed by atoms with Crippen LogP contribution in [-0.4, -0.2) is 22.4 Å². The molecule has 0 radical (unpaired) electrons. The Kier molecular flexibility index (Phi) is 4.66. The first kappa shape index (κ1) is 17.3. The average molecular weight is 365 g/mol. The minimum atomic E-state index is 0.0575. The van der Waals surface area contributed by atoms with E-state index in [4.69, 9.17) is 4.42 Å². The maximum absolute atomic E-state index is 11.8. The van der Waals surface area contributed by atoms with Gasteiger partial charge in [-0.05, 0) is 36.5 Å². The molecule has 0 atom stereocenters. The number of rotatable bonds is 5. The van der Waals surface area contributed by atoms with Crippen molar-refractivity contribution in [2.45, 2.75) is 33.1 Å². The molecule has 0 saturated heterocycles. The highest BCUT2D eigenvalue weighted by molar-refractivity contribution is 5.93. The Morgan fingerprint density at radius 2 is 2.11 bits per heavy atom. The summed E-state index contributed by atoms with van der Waals surface area (Å²) in [4.78, 5) is 20.9. The van der Waals surface area contributed by atoms with Gasteiger partial charge in [-0.25, -0.2) is 4.98 Å². The van der Waals surface area contributed by atoms with Crippen LogP contribution in [0.3, 0.4) is 0 Å². The molecule has 1 aliphatic heterocycles. The number of fused-ring (bicyclic) bond motifs is 2. The fourth-order valence-corrected chi connectivity index (χ4v) is 3.11. The van der Waals surface area contributed by atoms with Crippen molar-refractivity contribution in [3.05, 3.63) is 36.1 Å². The Morgan fingerprint density at radius 3 is 2.96 bits per heavy atom. The largest absolute Gasteiger partial charge is 0.459 e. The molecule has 2 aromatic heterocycles. The fraction of sp³-hybridized carbons (Fsp3) is 0.350. The number of hydrogen-bond donors (Lipinski definition) is 3. The van der Waals surface area contributed by atoms with E-state index in [1.165, 1.54) is 0 Å². The predicted octanol–water partition coefficient (Wildman–Crippen LogP) is 4.31. The molecule has 4 rings (SSSR count). The summed E-state index contributed by atoms with van der Waals surface area (Å²) in [7, 11) is 0. The molecule has 1 aliphatic rings. The third-order valence-corrected chi connectivity index (χ3v) is 4.47. The van der Waals surface area contributed by atoms with Crippen molar-refractivity contribution >= 4 is 40.1 Å². The van der Waals surface area contributed by atoms with E-state index in [0.717, 1.165) is 41.8 Å². The summed E-state index contributed by atoms with van der Waals surface area (Å²) in [6.07, 6.45) is 3.94. The number of hydrogen-bond acceptors (Lipinski definition) is 6. The van der Waals surface area contributed by atoms with Crippen LogP contribution in [0, 0.1) is 5.92 Å². The topological polar surface area (TPSA) is 92.1 Å². The van der Waals surface area contributed by atoms with Gasteiger partial charge < -0.3 is 20.4 Å². The number of nitrogens with one attached hydrogen (secondary N) is 3. The molecule has 0 spiro atoms. The highest BCUT2D eigenvalue weighted by Crippen LogP contribution is 2.28. The second-order valence-electron chi connectivity index (χ2n) is 7.20. The number of amides is 1. The smallest absolute Gasteiger partial charge is 0.229 e. The second-order valence-corrected chi connectivity index (χ2v) is 7.20. The zero-order chi connectivity index (χ0) is 18.8. The Morgan fingerprint density at radius 1 is 1.22 bits per heavy atom. The van der Waals surface area contributed by atoms with E-state index in [2.05, 4.69) is 39.8 Å². The van der Waals surface area contributed by atoms with Crippen LogP contribution >= 0.6 is 0 Å². The predicted molar refractivity (Wildman–Crippen MR) is 106 cm³/mol. The SMILES string of the molecule is CC(C)CNc1nc(Nc2ccc3c(c2)NC(=O)CCC3)nc2ccoc12. The highest BCUT2D eigenvalue weighted by atomic mass is 16.3. The van der Waals surface area contributed by atoms with Gasteiger partial charge >= 0.3 is 0 Å². The first-order chi connectivity index (χ1) is 13.1. The number of benzene rings is 1. The van der Waals surface area contributed by atoms with E-state index in [1.54, 1.807) is 6.26 Å². The van der Waals surface area contributed by atoms with Crippen molar-refractivity contribution in [3.8, 4) is 0 Å². The summed E-state index contributed by atoms with van der Waals surface area (Å²) >= 11 is 0. The number of aryl methyl sites for hydroxylation is 1. The molecule has 0 aliphatic carbocycles. The Hall–Kier alpha value is -3.09. The lowest BCUT2D eigenvalue weighted by atomic mass is 10.1. The zero-order valence-corrected chi connectivity index (χ0v) is 15.5. The molecule has 7 heteroatoms. The minimum absolute atomic E-state index is 0.0575. The van der Waals surface area contributed by atoms with Crippen LogP contribution in [0.4, 0.5) is 23.1 Å². The zero-order valence-electron chi connectivity index (χ0n) is 15.5. The normalized spacial score (nSPS) is 14.0. The lowest BCUT2D eigenvalue weighted by molar-refractivity contribution is -0.116. The number of furan rings is 1. The summed E-state index contributed by atoms with van der Waals surface area (Å²) < 4.78 is 5.52. The van der Waals surface area contributed by atoms with Crippen LogP contribution in [0.15, 0.2) is 34.9 Å². The number of aromatic nitrogens is 2. The Labute approximate surface area is 157 Å². The first-order valence-corrected chi connectivity index (χ1v) is 9.27. The molecular weight excluding hydrogens is 342 g/mol. The second kappa shape index (κ2) is 7.26. The molecular formula is C20H23N5O2. The molecule has 140 valence electrons. The van der Waals surface area contributed by atoms with Gasteiger partial charge in [0.2, 0.25) is 11.9 Å². The molecule has 0 unspecified atom stereocenters. The number of carbonyl (C=O) groups is 1. The maximum Gasteiger partial charge on any atom is 0.229 e. The van der Waals surface area contributed by atoms with Crippen molar-refractivity contribution in [3.63, 3.8) is 0 Å². The molecule has 7 nitrogen and oxygen atoms in total. The van der Waals surface area contributed by atoms with Crippen molar-refractivity contribution in [1.82, 2.24) is 9.97 Å². The van der Waals surface area contributed by atoms with Crippen LogP contribution in [-0.2, 0) is 11.2 Å². The van der Waals surface area contributed by atoms with Crippen LogP contribution in [0.5, 0.6) is 0 Å². The maximum atomic E-state index is 11.8. The Balaban J connectivity index is 1.62. The van der Waals surface area contributed by atoms with Gasteiger partial charge in [0.1, 0.15) is 5.52 Å². The molecule has 0 fully saturated rings. The molecule has 3 aromatic rings. The minimum Gasteiger partial charge on any atom is -0.459 e. The Bertz CT molecular complexity index is 980. The highest BCUT2D eigenvalue weighted by Gasteiger charge is 2.15. The molecule has 0 bridgehead atoms. The van der Waals surface area contributed by atoms with Crippen LogP contribution in [0.2, 0.25) is 0 Å². The van der Waals surface area contributed by atoms with Gasteiger partial charge in [0.05, 0.1) is 6.26 Å². The summed E-state index contributed by atoms with van der Waals surface area (Å²) in [6.45, 7) is 5.06. The quantitative estimate of drug-likeness (QED) is 0.624. The molecule has 3 heterocycles. The monoisotopic (exact) mass is 365 g/mol. The average Bonchev–Trinajstić information content (AvgIpc) is 3.02. The molecule has 3 N–H and O–H groups in total. The van der Waals surface area contributed by atoms with Gasteiger partial charge in [-0.2, -0.15) is 4.98 Å². The van der Waals surface area contributed by atoms with Gasteiger partial charge in [-0.3, -0.25) is 4.79 Å². The first-order valence-electron chi connectivity index (χ1n) is 9.27. The third kappa shape index (κ3) is 3.86. The van der Waals surface area contributed by atoms with Crippen LogP contribution in [0.1, 0.15) is 32.3 Å². The van der Waals surface area contributed by atoms with Crippen molar-refractivity contribution in [2.24, 2.45) is 5.92 Å². The lowest BCUT2D eigenvalue weighted by Gasteiger charge is -2.12. The van der Waals surface area contributed by atoms with Crippen LogP contribution in [0.25, 0.3) is 11.1 Å². The third-order valence-electron chi connectivity index (χ3n) is 4.47. The van der Waals surface area contributed by atoms with Gasteiger partial charge in [0, 0.05) is 30.4 Å². The van der Waals surface area contributed by atoms with Crippen LogP contribution < -0.4 is 16.0 Å². The van der Waals surface area contributed by atoms with Gasteiger partial charge in [-0.15, -0.1) is 0 Å². The lowest BCUT2D eigenvalue weighted by Crippen LogP contribution is -2.11. The molecule has 27 heavy (non-hydrogen) atoms. The van der Waals surface area contributed by atoms with E-state index in [0.29, 0.717) is 29.7 Å². The summed E-state index contributed by atoms with van der Waals surface area (Å²) in [5.74, 6) is 1.69. The number of carbonyl (C=O) groups excluding carboxylic acids is 1. The number of anilines is 4. The van der Waals surface area contributed by atoms with Crippen molar-refractivity contribution in [2.75, 3.05) is 22.5 Å². The van der Waals surface area contributed by atoms with E-state index >= 15 is 0 Å². The standard InChI is InChI=1S/C20H23N5O2/c1-12(2)11-21-19-18-15(8-9-27-18)24-20(25-19)22-14-7-6-13-4-3-5-17(26)23-16(13)10-14/h6-10,12H,3-5,11H2,1-2H3,(H,23,26)(H2,21,22,24,25). The van der Waals surface area contributed by atoms with Gasteiger partial charge in [0.15, 0.2) is 11.4 Å². The van der Waals surface area contributed by atoms with Gasteiger partial charge in [0.25, 0.3) is 0 Å². The molecule has 1 aromatic carbocycles. The molecule has 1 amide bonds. The number of nitrogens with zero attached hydrogens (tertiary/aromatic N) is 2. The van der Waals surface area contributed by atoms with Crippen molar-refractivity contribution < 1.29 is 9.21 Å². The summed E-state index contributed by atoms with van der Waals surface area (Å²) in [5.41, 5.74) is 4.22. The van der Waals surface area contributed by atoms with Gasteiger partial charge in [-0.1, -0.05) is 19.9 Å². The van der Waals surface area contributed by atoms with E-state index < -0.39 is 0 Å². The fourth-order valence-electron chi connectivity index (χ4n) is 3.11.